The SMILES string of the molecule is CC(C)=CCC/C(=C/CCO)C[Si](C)(C)C. The van der Waals surface area contributed by atoms with Gasteiger partial charge in [0, 0.05) is 14.7 Å². The van der Waals surface area contributed by atoms with Crippen LogP contribution in [-0.2, 0) is 0 Å². The number of allylic oxidation sites excluding steroid dienone is 3. The minimum Gasteiger partial charge on any atom is -0.396 e. The van der Waals surface area contributed by atoms with E-state index in [-0.39, 0.29) is 6.61 Å². The predicted octanol–water partition coefficient (Wildman–Crippen LogP) is 4.38. The van der Waals surface area contributed by atoms with Crippen LogP contribution in [0.2, 0.25) is 25.7 Å². The molecule has 0 aromatic carbocycles. The zero-order valence-electron chi connectivity index (χ0n) is 11.6. The molecule has 0 bridgehead atoms. The summed E-state index contributed by atoms with van der Waals surface area (Å²) in [6.07, 6.45) is 7.67. The van der Waals surface area contributed by atoms with Gasteiger partial charge in [-0.25, -0.2) is 0 Å². The number of aliphatic hydroxyl groups is 1. The molecule has 1 N–H and O–H groups in total. The van der Waals surface area contributed by atoms with E-state index in [1.165, 1.54) is 11.6 Å². The van der Waals surface area contributed by atoms with Crippen LogP contribution in [0.4, 0.5) is 0 Å². The van der Waals surface area contributed by atoms with E-state index >= 15 is 0 Å². The third-order valence-corrected chi connectivity index (χ3v) is 3.85. The van der Waals surface area contributed by atoms with E-state index in [0.29, 0.717) is 0 Å². The standard InChI is InChI=1S/C14H28OSi/c1-13(2)8-6-9-14(10-7-11-15)12-16(3,4)5/h8,10,15H,6-7,9,11-12H2,1-5H3/b14-10-. The van der Waals surface area contributed by atoms with Crippen molar-refractivity contribution >= 4 is 8.07 Å². The highest BCUT2D eigenvalue weighted by atomic mass is 28.3. The third kappa shape index (κ3) is 10.2. The van der Waals surface area contributed by atoms with E-state index in [1.54, 1.807) is 5.57 Å². The van der Waals surface area contributed by atoms with E-state index in [9.17, 15) is 0 Å². The molecule has 16 heavy (non-hydrogen) atoms. The van der Waals surface area contributed by atoms with Gasteiger partial charge in [-0.1, -0.05) is 42.9 Å². The van der Waals surface area contributed by atoms with Crippen LogP contribution in [0, 0.1) is 0 Å². The van der Waals surface area contributed by atoms with E-state index in [4.69, 9.17) is 5.11 Å². The van der Waals surface area contributed by atoms with Crippen LogP contribution >= 0.6 is 0 Å². The number of rotatable bonds is 7. The Labute approximate surface area is 102 Å². The summed E-state index contributed by atoms with van der Waals surface area (Å²) >= 11 is 0. The maximum Gasteiger partial charge on any atom is 0.0483 e. The normalized spacial score (nSPS) is 12.8. The highest BCUT2D eigenvalue weighted by molar-refractivity contribution is 6.76. The largest absolute Gasteiger partial charge is 0.396 e. The molecule has 0 fully saturated rings. The molecule has 0 saturated heterocycles. The van der Waals surface area contributed by atoms with Gasteiger partial charge in [-0.05, 0) is 39.2 Å². The molecule has 0 aliphatic heterocycles. The molecule has 0 spiro atoms. The smallest absolute Gasteiger partial charge is 0.0483 e. The summed E-state index contributed by atoms with van der Waals surface area (Å²) in [5.74, 6) is 0. The molecule has 0 amide bonds. The zero-order valence-corrected chi connectivity index (χ0v) is 12.6. The summed E-state index contributed by atoms with van der Waals surface area (Å²) in [7, 11) is -1.02. The van der Waals surface area contributed by atoms with Crippen molar-refractivity contribution in [3.8, 4) is 0 Å². The summed E-state index contributed by atoms with van der Waals surface area (Å²) < 4.78 is 0. The summed E-state index contributed by atoms with van der Waals surface area (Å²) in [5.41, 5.74) is 2.94. The minimum atomic E-state index is -1.02. The molecule has 0 heterocycles. The van der Waals surface area contributed by atoms with Gasteiger partial charge in [0.15, 0.2) is 0 Å². The molecule has 0 rings (SSSR count). The topological polar surface area (TPSA) is 20.2 Å². The molecule has 0 aromatic rings. The highest BCUT2D eigenvalue weighted by Crippen LogP contribution is 2.21. The van der Waals surface area contributed by atoms with Crippen LogP contribution in [0.1, 0.15) is 33.1 Å². The Bertz CT molecular complexity index is 242. The van der Waals surface area contributed by atoms with Crippen molar-refractivity contribution in [1.29, 1.82) is 0 Å². The highest BCUT2D eigenvalue weighted by Gasteiger charge is 2.14. The predicted molar refractivity (Wildman–Crippen MR) is 76.6 cm³/mol. The molecule has 0 aliphatic carbocycles. The van der Waals surface area contributed by atoms with Gasteiger partial charge >= 0.3 is 0 Å². The Morgan fingerprint density at radius 2 is 1.69 bits per heavy atom. The van der Waals surface area contributed by atoms with Gasteiger partial charge in [0.25, 0.3) is 0 Å². The van der Waals surface area contributed by atoms with E-state index in [1.807, 2.05) is 0 Å². The summed E-state index contributed by atoms with van der Waals surface area (Å²) in [4.78, 5) is 0. The Balaban J connectivity index is 4.27. The second-order valence-electron chi connectivity index (χ2n) is 5.93. The van der Waals surface area contributed by atoms with Gasteiger partial charge in [-0.2, -0.15) is 0 Å². The maximum absolute atomic E-state index is 8.88. The molecule has 0 unspecified atom stereocenters. The van der Waals surface area contributed by atoms with Crippen LogP contribution < -0.4 is 0 Å². The van der Waals surface area contributed by atoms with Crippen molar-refractivity contribution in [2.75, 3.05) is 6.61 Å². The molecular formula is C14H28OSi. The molecule has 0 atom stereocenters. The second kappa shape index (κ2) is 7.85. The summed E-state index contributed by atoms with van der Waals surface area (Å²) in [6, 6.07) is 1.27. The van der Waals surface area contributed by atoms with Gasteiger partial charge in [0.2, 0.25) is 0 Å². The molecule has 2 heteroatoms. The first kappa shape index (κ1) is 15.7. The summed E-state index contributed by atoms with van der Waals surface area (Å²) in [5, 5.41) is 8.88. The van der Waals surface area contributed by atoms with Crippen molar-refractivity contribution in [3.63, 3.8) is 0 Å². The van der Waals surface area contributed by atoms with Crippen LogP contribution in [0.5, 0.6) is 0 Å². The van der Waals surface area contributed by atoms with Crippen LogP contribution in [0.3, 0.4) is 0 Å². The monoisotopic (exact) mass is 240 g/mol. The van der Waals surface area contributed by atoms with E-state index < -0.39 is 8.07 Å². The van der Waals surface area contributed by atoms with Gasteiger partial charge in [0.1, 0.15) is 0 Å². The molecule has 94 valence electrons. The van der Waals surface area contributed by atoms with Crippen molar-refractivity contribution in [3.05, 3.63) is 23.3 Å². The Morgan fingerprint density at radius 3 is 2.12 bits per heavy atom. The fraction of sp³-hybridized carbons (Fsp3) is 0.714. The van der Waals surface area contributed by atoms with Crippen molar-refractivity contribution in [2.45, 2.75) is 58.8 Å². The number of hydrogen-bond acceptors (Lipinski definition) is 1. The molecule has 1 nitrogen and oxygen atoms in total. The quantitative estimate of drug-likeness (QED) is 0.517. The Hall–Kier alpha value is -0.343. The first-order chi connectivity index (χ1) is 7.35. The van der Waals surface area contributed by atoms with Gasteiger partial charge in [0.05, 0.1) is 0 Å². The lowest BCUT2D eigenvalue weighted by molar-refractivity contribution is 0.302. The van der Waals surface area contributed by atoms with Crippen LogP contribution in [-0.4, -0.2) is 19.8 Å². The number of hydrogen-bond donors (Lipinski definition) is 1. The van der Waals surface area contributed by atoms with E-state index in [0.717, 1.165) is 19.3 Å². The lowest BCUT2D eigenvalue weighted by Gasteiger charge is -2.18. The molecular weight excluding hydrogens is 212 g/mol. The zero-order chi connectivity index (χ0) is 12.6. The third-order valence-electron chi connectivity index (χ3n) is 2.34. The van der Waals surface area contributed by atoms with Crippen LogP contribution in [0.15, 0.2) is 23.3 Å². The lowest BCUT2D eigenvalue weighted by Crippen LogP contribution is -2.20. The lowest BCUT2D eigenvalue weighted by atomic mass is 10.1. The first-order valence-corrected chi connectivity index (χ1v) is 9.98. The Kier molecular flexibility index (Phi) is 7.69. The molecule has 0 saturated carbocycles. The average molecular weight is 240 g/mol. The minimum absolute atomic E-state index is 0.276. The van der Waals surface area contributed by atoms with E-state index in [2.05, 4.69) is 45.6 Å². The van der Waals surface area contributed by atoms with Crippen molar-refractivity contribution in [1.82, 2.24) is 0 Å². The second-order valence-corrected chi connectivity index (χ2v) is 11.4. The average Bonchev–Trinajstić information content (AvgIpc) is 2.11. The molecule has 0 aliphatic rings. The van der Waals surface area contributed by atoms with Gasteiger partial charge < -0.3 is 5.11 Å². The van der Waals surface area contributed by atoms with Crippen LogP contribution in [0.25, 0.3) is 0 Å². The summed E-state index contributed by atoms with van der Waals surface area (Å²) in [6.45, 7) is 11.8. The maximum atomic E-state index is 8.88. The number of aliphatic hydroxyl groups excluding tert-OH is 1. The molecule has 0 aromatic heterocycles. The van der Waals surface area contributed by atoms with Gasteiger partial charge in [-0.15, -0.1) is 0 Å². The van der Waals surface area contributed by atoms with Gasteiger partial charge in [-0.3, -0.25) is 0 Å². The Morgan fingerprint density at radius 1 is 1.06 bits per heavy atom. The van der Waals surface area contributed by atoms with Crippen molar-refractivity contribution in [2.24, 2.45) is 0 Å². The molecule has 0 radical (unpaired) electrons. The first-order valence-electron chi connectivity index (χ1n) is 6.27. The fourth-order valence-electron chi connectivity index (χ4n) is 1.76. The van der Waals surface area contributed by atoms with Crippen molar-refractivity contribution < 1.29 is 5.11 Å². The fourth-order valence-corrected chi connectivity index (χ4v) is 3.44.